The van der Waals surface area contributed by atoms with Crippen LogP contribution in [0.4, 0.5) is 0 Å². The molecule has 0 radical (unpaired) electrons. The molecule has 2 rings (SSSR count). The van der Waals surface area contributed by atoms with E-state index < -0.39 is 0 Å². The van der Waals surface area contributed by atoms with Crippen LogP contribution in [0.3, 0.4) is 0 Å². The second kappa shape index (κ2) is 4.56. The van der Waals surface area contributed by atoms with Crippen molar-refractivity contribution in [3.8, 4) is 0 Å². The fraction of sp³-hybridized carbons (Fsp3) is 0.571. The van der Waals surface area contributed by atoms with E-state index in [2.05, 4.69) is 38.1 Å². The molecule has 88 valence electrons. The van der Waals surface area contributed by atoms with Gasteiger partial charge in [-0.3, -0.25) is 0 Å². The summed E-state index contributed by atoms with van der Waals surface area (Å²) < 4.78 is 5.77. The normalized spacial score (nSPS) is 17.8. The third-order valence-corrected chi connectivity index (χ3v) is 3.32. The van der Waals surface area contributed by atoms with Crippen LogP contribution in [0.1, 0.15) is 37.8 Å². The predicted octanol–water partition coefficient (Wildman–Crippen LogP) is 2.60. The summed E-state index contributed by atoms with van der Waals surface area (Å²) in [5, 5.41) is 0. The highest BCUT2D eigenvalue weighted by atomic mass is 16.5. The zero-order valence-corrected chi connectivity index (χ0v) is 10.2. The van der Waals surface area contributed by atoms with Crippen molar-refractivity contribution < 1.29 is 4.74 Å². The first-order chi connectivity index (χ1) is 7.66. The van der Waals surface area contributed by atoms with E-state index in [0.29, 0.717) is 12.6 Å². The number of benzene rings is 1. The summed E-state index contributed by atoms with van der Waals surface area (Å²) in [6, 6.07) is 8.63. The Kier molecular flexibility index (Phi) is 3.31. The summed E-state index contributed by atoms with van der Waals surface area (Å²) in [7, 11) is 0. The van der Waals surface area contributed by atoms with Gasteiger partial charge in [0, 0.05) is 12.0 Å². The van der Waals surface area contributed by atoms with Gasteiger partial charge in [0.15, 0.2) is 0 Å². The molecule has 1 saturated carbocycles. The SMILES string of the molecule is CC(C)OCC1(c2cccc(CN)c2)CC1. The van der Waals surface area contributed by atoms with Gasteiger partial charge in [-0.1, -0.05) is 24.3 Å². The Morgan fingerprint density at radius 3 is 2.69 bits per heavy atom. The summed E-state index contributed by atoms with van der Waals surface area (Å²) in [4.78, 5) is 0. The van der Waals surface area contributed by atoms with Crippen LogP contribution in [-0.2, 0) is 16.7 Å². The number of ether oxygens (including phenoxy) is 1. The van der Waals surface area contributed by atoms with Gasteiger partial charge in [0.2, 0.25) is 0 Å². The minimum absolute atomic E-state index is 0.287. The largest absolute Gasteiger partial charge is 0.378 e. The molecule has 1 aromatic carbocycles. The molecule has 0 atom stereocenters. The van der Waals surface area contributed by atoms with Crippen molar-refractivity contribution in [2.45, 2.75) is 44.8 Å². The Labute approximate surface area is 97.8 Å². The summed E-state index contributed by atoms with van der Waals surface area (Å²) >= 11 is 0. The number of rotatable bonds is 5. The van der Waals surface area contributed by atoms with Crippen LogP contribution in [0.15, 0.2) is 24.3 Å². The summed E-state index contributed by atoms with van der Waals surface area (Å²) in [5.74, 6) is 0. The molecule has 1 aromatic rings. The first-order valence-electron chi connectivity index (χ1n) is 6.07. The van der Waals surface area contributed by atoms with E-state index in [1.165, 1.54) is 24.0 Å². The zero-order chi connectivity index (χ0) is 11.6. The van der Waals surface area contributed by atoms with Gasteiger partial charge < -0.3 is 10.5 Å². The number of hydrogen-bond acceptors (Lipinski definition) is 2. The van der Waals surface area contributed by atoms with E-state index in [1.807, 2.05) is 0 Å². The molecule has 2 nitrogen and oxygen atoms in total. The van der Waals surface area contributed by atoms with Crippen molar-refractivity contribution in [3.05, 3.63) is 35.4 Å². The molecule has 0 bridgehead atoms. The molecule has 0 aliphatic heterocycles. The lowest BCUT2D eigenvalue weighted by Gasteiger charge is -2.18. The van der Waals surface area contributed by atoms with Crippen LogP contribution < -0.4 is 5.73 Å². The van der Waals surface area contributed by atoms with Gasteiger partial charge in [0.1, 0.15) is 0 Å². The van der Waals surface area contributed by atoms with Crippen molar-refractivity contribution in [2.75, 3.05) is 6.61 Å². The molecule has 0 heterocycles. The fourth-order valence-electron chi connectivity index (χ4n) is 2.02. The summed E-state index contributed by atoms with van der Waals surface area (Å²) in [5.41, 5.74) is 8.58. The smallest absolute Gasteiger partial charge is 0.0566 e. The van der Waals surface area contributed by atoms with Gasteiger partial charge in [-0.25, -0.2) is 0 Å². The molecule has 0 spiro atoms. The van der Waals surface area contributed by atoms with E-state index in [-0.39, 0.29) is 5.41 Å². The number of hydrogen-bond donors (Lipinski definition) is 1. The highest BCUT2D eigenvalue weighted by Gasteiger charge is 2.44. The topological polar surface area (TPSA) is 35.2 Å². The van der Waals surface area contributed by atoms with Crippen molar-refractivity contribution in [2.24, 2.45) is 5.73 Å². The van der Waals surface area contributed by atoms with Gasteiger partial charge in [-0.05, 0) is 37.8 Å². The first kappa shape index (κ1) is 11.6. The highest BCUT2D eigenvalue weighted by molar-refractivity contribution is 5.34. The summed E-state index contributed by atoms with van der Waals surface area (Å²) in [6.07, 6.45) is 2.80. The van der Waals surface area contributed by atoms with Gasteiger partial charge in [0.25, 0.3) is 0 Å². The van der Waals surface area contributed by atoms with E-state index in [9.17, 15) is 0 Å². The molecule has 2 N–H and O–H groups in total. The predicted molar refractivity (Wildman–Crippen MR) is 66.3 cm³/mol. The highest BCUT2D eigenvalue weighted by Crippen LogP contribution is 2.48. The average Bonchev–Trinajstić information content (AvgIpc) is 3.08. The third-order valence-electron chi connectivity index (χ3n) is 3.32. The molecule has 0 unspecified atom stereocenters. The molecule has 0 saturated heterocycles. The molecule has 2 heteroatoms. The molecule has 1 aliphatic rings. The summed E-state index contributed by atoms with van der Waals surface area (Å²) in [6.45, 7) is 5.65. The van der Waals surface area contributed by atoms with Crippen LogP contribution in [0, 0.1) is 0 Å². The Balaban J connectivity index is 2.10. The Morgan fingerprint density at radius 2 is 2.12 bits per heavy atom. The lowest BCUT2D eigenvalue weighted by Crippen LogP contribution is -2.18. The first-order valence-corrected chi connectivity index (χ1v) is 6.07. The van der Waals surface area contributed by atoms with Crippen LogP contribution in [0.2, 0.25) is 0 Å². The average molecular weight is 219 g/mol. The van der Waals surface area contributed by atoms with Gasteiger partial charge in [0.05, 0.1) is 12.7 Å². The van der Waals surface area contributed by atoms with E-state index in [1.54, 1.807) is 0 Å². The van der Waals surface area contributed by atoms with Crippen molar-refractivity contribution in [3.63, 3.8) is 0 Å². The van der Waals surface area contributed by atoms with E-state index >= 15 is 0 Å². The minimum Gasteiger partial charge on any atom is -0.378 e. The Morgan fingerprint density at radius 1 is 1.38 bits per heavy atom. The molecule has 0 aromatic heterocycles. The molecule has 0 amide bonds. The minimum atomic E-state index is 0.287. The van der Waals surface area contributed by atoms with Crippen LogP contribution in [0.25, 0.3) is 0 Å². The van der Waals surface area contributed by atoms with Crippen LogP contribution in [-0.4, -0.2) is 12.7 Å². The quantitative estimate of drug-likeness (QED) is 0.826. The number of nitrogens with two attached hydrogens (primary N) is 1. The monoisotopic (exact) mass is 219 g/mol. The molecule has 1 aliphatic carbocycles. The molecular formula is C14H21NO. The van der Waals surface area contributed by atoms with Gasteiger partial charge in [-0.2, -0.15) is 0 Å². The lowest BCUT2D eigenvalue weighted by atomic mass is 9.95. The molecule has 16 heavy (non-hydrogen) atoms. The maximum Gasteiger partial charge on any atom is 0.0566 e. The lowest BCUT2D eigenvalue weighted by molar-refractivity contribution is 0.0619. The van der Waals surface area contributed by atoms with E-state index in [4.69, 9.17) is 10.5 Å². The maximum absolute atomic E-state index is 5.77. The van der Waals surface area contributed by atoms with Crippen LogP contribution in [0.5, 0.6) is 0 Å². The zero-order valence-electron chi connectivity index (χ0n) is 10.2. The van der Waals surface area contributed by atoms with Crippen molar-refractivity contribution in [1.29, 1.82) is 0 Å². The molecular weight excluding hydrogens is 198 g/mol. The standard InChI is InChI=1S/C14H21NO/c1-11(2)16-10-14(6-7-14)13-5-3-4-12(8-13)9-15/h3-5,8,11H,6-7,9-10,15H2,1-2H3. The Hall–Kier alpha value is -0.860. The second-order valence-electron chi connectivity index (χ2n) is 5.04. The van der Waals surface area contributed by atoms with Crippen molar-refractivity contribution >= 4 is 0 Å². The van der Waals surface area contributed by atoms with Gasteiger partial charge in [-0.15, -0.1) is 0 Å². The maximum atomic E-state index is 5.77. The third kappa shape index (κ3) is 2.45. The second-order valence-corrected chi connectivity index (χ2v) is 5.04. The molecule has 1 fully saturated rings. The van der Waals surface area contributed by atoms with Gasteiger partial charge >= 0.3 is 0 Å². The Bertz CT molecular complexity index is 356. The van der Waals surface area contributed by atoms with Crippen molar-refractivity contribution in [1.82, 2.24) is 0 Å². The van der Waals surface area contributed by atoms with E-state index in [0.717, 1.165) is 6.61 Å². The van der Waals surface area contributed by atoms with Crippen LogP contribution >= 0.6 is 0 Å². The fourth-order valence-corrected chi connectivity index (χ4v) is 2.02.